The molecule has 2 aromatic rings. The molecule has 7 heteroatoms. The molecule has 7 nitrogen and oxygen atoms in total. The lowest BCUT2D eigenvalue weighted by atomic mass is 10.1. The minimum absolute atomic E-state index is 0.00638. The number of rotatable bonds is 3. The number of benzene rings is 1. The van der Waals surface area contributed by atoms with Crippen LogP contribution in [0.2, 0.25) is 0 Å². The fraction of sp³-hybridized carbons (Fsp3) is 0.353. The average molecular weight is 328 g/mol. The highest BCUT2D eigenvalue weighted by Gasteiger charge is 2.30. The molecular formula is C17H20N4O3. The van der Waals surface area contributed by atoms with Crippen molar-refractivity contribution in [3.8, 4) is 5.75 Å². The first-order chi connectivity index (χ1) is 11.5. The smallest absolute Gasteiger partial charge is 0.254 e. The first-order valence-corrected chi connectivity index (χ1v) is 7.76. The second-order valence-corrected chi connectivity index (χ2v) is 6.15. The number of hydrogen-bond donors (Lipinski definition) is 1. The highest BCUT2D eigenvalue weighted by Crippen LogP contribution is 2.25. The molecule has 0 unspecified atom stereocenters. The molecule has 0 fully saturated rings. The number of phenols is 1. The van der Waals surface area contributed by atoms with Gasteiger partial charge in [0.2, 0.25) is 5.91 Å². The van der Waals surface area contributed by atoms with Gasteiger partial charge in [0.1, 0.15) is 5.75 Å². The summed E-state index contributed by atoms with van der Waals surface area (Å²) in [5.74, 6) is -0.115. The maximum Gasteiger partial charge on any atom is 0.254 e. The average Bonchev–Trinajstić information content (AvgIpc) is 3.02. The standard InChI is InChI=1S/C17H20N4O3/c1-19(2)16(23)9-14-11-20(10-13-6-7-18-21(13)14)17(24)12-4-3-5-15(22)8-12/h3-8,14,22H,9-11H2,1-2H3/t14-/m0/s1. The molecule has 1 aromatic heterocycles. The van der Waals surface area contributed by atoms with Gasteiger partial charge in [0.05, 0.1) is 24.7 Å². The number of fused-ring (bicyclic) bond motifs is 1. The summed E-state index contributed by atoms with van der Waals surface area (Å²) in [5.41, 5.74) is 1.33. The van der Waals surface area contributed by atoms with Crippen molar-refractivity contribution >= 4 is 11.8 Å². The van der Waals surface area contributed by atoms with Crippen molar-refractivity contribution in [2.45, 2.75) is 19.0 Å². The van der Waals surface area contributed by atoms with E-state index in [1.165, 1.54) is 12.1 Å². The van der Waals surface area contributed by atoms with Crippen molar-refractivity contribution in [1.29, 1.82) is 0 Å². The molecule has 1 N–H and O–H groups in total. The SMILES string of the molecule is CN(C)C(=O)C[C@H]1CN(C(=O)c2cccc(O)c2)Cc2ccnn21. The quantitative estimate of drug-likeness (QED) is 0.920. The topological polar surface area (TPSA) is 78.7 Å². The second kappa shape index (κ2) is 6.35. The van der Waals surface area contributed by atoms with Gasteiger partial charge < -0.3 is 14.9 Å². The van der Waals surface area contributed by atoms with Gasteiger partial charge in [-0.2, -0.15) is 5.10 Å². The minimum atomic E-state index is -0.195. The fourth-order valence-corrected chi connectivity index (χ4v) is 2.90. The monoisotopic (exact) mass is 328 g/mol. The van der Waals surface area contributed by atoms with E-state index in [-0.39, 0.29) is 30.0 Å². The number of aromatic nitrogens is 2. The number of aromatic hydroxyl groups is 1. The Morgan fingerprint density at radius 3 is 2.83 bits per heavy atom. The number of amides is 2. The predicted octanol–water partition coefficient (Wildman–Crippen LogP) is 1.26. The third-order valence-corrected chi connectivity index (χ3v) is 4.17. The summed E-state index contributed by atoms with van der Waals surface area (Å²) in [6, 6.07) is 7.96. The number of hydrogen-bond acceptors (Lipinski definition) is 4. The number of nitrogens with zero attached hydrogens (tertiary/aromatic N) is 4. The number of carbonyl (C=O) groups is 2. The number of phenolic OH excluding ortho intramolecular Hbond substituents is 1. The van der Waals surface area contributed by atoms with Crippen LogP contribution in [-0.4, -0.2) is 57.1 Å². The Kier molecular flexibility index (Phi) is 4.24. The zero-order valence-corrected chi connectivity index (χ0v) is 13.7. The molecule has 2 heterocycles. The molecule has 0 saturated heterocycles. The van der Waals surface area contributed by atoms with E-state index in [4.69, 9.17) is 0 Å². The van der Waals surface area contributed by atoms with Gasteiger partial charge in [0.15, 0.2) is 0 Å². The van der Waals surface area contributed by atoms with E-state index >= 15 is 0 Å². The molecule has 0 saturated carbocycles. The largest absolute Gasteiger partial charge is 0.508 e. The summed E-state index contributed by atoms with van der Waals surface area (Å²) in [4.78, 5) is 28.1. The van der Waals surface area contributed by atoms with Gasteiger partial charge in [-0.1, -0.05) is 6.07 Å². The Hall–Kier alpha value is -2.83. The molecule has 0 radical (unpaired) electrons. The zero-order chi connectivity index (χ0) is 17.3. The molecule has 1 aliphatic rings. The van der Waals surface area contributed by atoms with Gasteiger partial charge in [-0.05, 0) is 24.3 Å². The van der Waals surface area contributed by atoms with E-state index < -0.39 is 0 Å². The Morgan fingerprint density at radius 1 is 1.33 bits per heavy atom. The van der Waals surface area contributed by atoms with Crippen LogP contribution in [0.4, 0.5) is 0 Å². The molecule has 0 bridgehead atoms. The number of carbonyl (C=O) groups excluding carboxylic acids is 2. The van der Waals surface area contributed by atoms with Crippen LogP contribution in [0.3, 0.4) is 0 Å². The normalized spacial score (nSPS) is 16.6. The summed E-state index contributed by atoms with van der Waals surface area (Å²) in [6.45, 7) is 0.837. The first kappa shape index (κ1) is 16.0. The van der Waals surface area contributed by atoms with Gasteiger partial charge in [-0.25, -0.2) is 0 Å². The van der Waals surface area contributed by atoms with Crippen molar-refractivity contribution in [2.24, 2.45) is 0 Å². The third kappa shape index (κ3) is 3.10. The summed E-state index contributed by atoms with van der Waals surface area (Å²) >= 11 is 0. The van der Waals surface area contributed by atoms with Crippen LogP contribution in [-0.2, 0) is 11.3 Å². The van der Waals surface area contributed by atoms with E-state index in [1.54, 1.807) is 42.2 Å². The van der Waals surface area contributed by atoms with Crippen molar-refractivity contribution in [2.75, 3.05) is 20.6 Å². The van der Waals surface area contributed by atoms with Crippen molar-refractivity contribution < 1.29 is 14.7 Å². The van der Waals surface area contributed by atoms with Gasteiger partial charge in [0.25, 0.3) is 5.91 Å². The van der Waals surface area contributed by atoms with E-state index in [2.05, 4.69) is 5.10 Å². The van der Waals surface area contributed by atoms with Crippen molar-refractivity contribution in [3.05, 3.63) is 47.8 Å². The van der Waals surface area contributed by atoms with Crippen LogP contribution in [0.5, 0.6) is 5.75 Å². The van der Waals surface area contributed by atoms with E-state index in [0.29, 0.717) is 18.7 Å². The van der Waals surface area contributed by atoms with Crippen LogP contribution in [0.1, 0.15) is 28.5 Å². The highest BCUT2D eigenvalue weighted by atomic mass is 16.3. The summed E-state index contributed by atoms with van der Waals surface area (Å²) in [6.07, 6.45) is 1.97. The van der Waals surface area contributed by atoms with E-state index in [1.807, 2.05) is 10.7 Å². The van der Waals surface area contributed by atoms with E-state index in [0.717, 1.165) is 5.69 Å². The highest BCUT2D eigenvalue weighted by molar-refractivity contribution is 5.94. The molecule has 1 aliphatic heterocycles. The summed E-state index contributed by atoms with van der Waals surface area (Å²) in [7, 11) is 3.43. The lowest BCUT2D eigenvalue weighted by Gasteiger charge is -2.34. The predicted molar refractivity (Wildman–Crippen MR) is 87.4 cm³/mol. The molecule has 1 atom stereocenters. The Morgan fingerprint density at radius 2 is 2.12 bits per heavy atom. The lowest BCUT2D eigenvalue weighted by Crippen LogP contribution is -2.42. The third-order valence-electron chi connectivity index (χ3n) is 4.17. The first-order valence-electron chi connectivity index (χ1n) is 7.76. The summed E-state index contributed by atoms with van der Waals surface area (Å²) in [5, 5.41) is 13.9. The maximum absolute atomic E-state index is 12.7. The fourth-order valence-electron chi connectivity index (χ4n) is 2.90. The Balaban J connectivity index is 1.84. The molecule has 2 amide bonds. The van der Waals surface area contributed by atoms with Gasteiger partial charge in [-0.3, -0.25) is 14.3 Å². The van der Waals surface area contributed by atoms with Crippen LogP contribution >= 0.6 is 0 Å². The molecular weight excluding hydrogens is 308 g/mol. The molecule has 3 rings (SSSR count). The van der Waals surface area contributed by atoms with E-state index in [9.17, 15) is 14.7 Å². The Bertz CT molecular complexity index is 769. The van der Waals surface area contributed by atoms with Crippen LogP contribution in [0, 0.1) is 0 Å². The van der Waals surface area contributed by atoms with Crippen molar-refractivity contribution in [3.63, 3.8) is 0 Å². The lowest BCUT2D eigenvalue weighted by molar-refractivity contribution is -0.129. The molecule has 24 heavy (non-hydrogen) atoms. The molecule has 1 aromatic carbocycles. The van der Waals surface area contributed by atoms with Gasteiger partial charge in [0, 0.05) is 32.4 Å². The summed E-state index contributed by atoms with van der Waals surface area (Å²) < 4.78 is 1.83. The van der Waals surface area contributed by atoms with Crippen molar-refractivity contribution in [1.82, 2.24) is 19.6 Å². The van der Waals surface area contributed by atoms with Crippen LogP contribution < -0.4 is 0 Å². The van der Waals surface area contributed by atoms with Crippen LogP contribution in [0.25, 0.3) is 0 Å². The van der Waals surface area contributed by atoms with Gasteiger partial charge in [-0.15, -0.1) is 0 Å². The second-order valence-electron chi connectivity index (χ2n) is 6.15. The van der Waals surface area contributed by atoms with Crippen LogP contribution in [0.15, 0.2) is 36.5 Å². The maximum atomic E-state index is 12.7. The molecule has 0 spiro atoms. The van der Waals surface area contributed by atoms with Gasteiger partial charge >= 0.3 is 0 Å². The Labute approximate surface area is 140 Å². The minimum Gasteiger partial charge on any atom is -0.508 e. The molecule has 0 aliphatic carbocycles. The zero-order valence-electron chi connectivity index (χ0n) is 13.7. The molecule has 126 valence electrons.